The van der Waals surface area contributed by atoms with Crippen molar-refractivity contribution >= 4 is 23.3 Å². The van der Waals surface area contributed by atoms with Crippen molar-refractivity contribution in [3.63, 3.8) is 0 Å². The van der Waals surface area contributed by atoms with Gasteiger partial charge in [0.05, 0.1) is 12.1 Å². The van der Waals surface area contributed by atoms with Crippen LogP contribution in [0.2, 0.25) is 0 Å². The van der Waals surface area contributed by atoms with Gasteiger partial charge in [-0.25, -0.2) is 4.79 Å². The van der Waals surface area contributed by atoms with Crippen molar-refractivity contribution in [2.45, 2.75) is 57.8 Å². The summed E-state index contributed by atoms with van der Waals surface area (Å²) in [5.74, 6) is 0. The maximum Gasteiger partial charge on any atom is 0.407 e. The summed E-state index contributed by atoms with van der Waals surface area (Å²) in [5.41, 5.74) is -0.170. The first kappa shape index (κ1) is 17.4. The molecule has 0 aromatic rings. The normalized spacial score (nSPS) is 29.3. The fraction of sp³-hybridized carbons (Fsp3) is 0.867. The molecule has 1 amide bonds. The summed E-state index contributed by atoms with van der Waals surface area (Å²) < 4.78 is 5.71. The second-order valence-electron chi connectivity index (χ2n) is 7.11. The van der Waals surface area contributed by atoms with E-state index in [0.717, 1.165) is 13.0 Å². The molecular weight excluding hydrogens is 302 g/mol. The lowest BCUT2D eigenvalue weighted by Gasteiger charge is -2.43. The van der Waals surface area contributed by atoms with E-state index in [0.29, 0.717) is 24.7 Å². The molecule has 0 spiro atoms. The Hall–Kier alpha value is -0.920. The van der Waals surface area contributed by atoms with Crippen LogP contribution in [0.3, 0.4) is 0 Å². The predicted octanol–water partition coefficient (Wildman–Crippen LogP) is 1.54. The van der Waals surface area contributed by atoms with Gasteiger partial charge in [0.2, 0.25) is 0 Å². The van der Waals surface area contributed by atoms with E-state index in [9.17, 15) is 9.90 Å². The van der Waals surface area contributed by atoms with Crippen molar-refractivity contribution in [2.24, 2.45) is 0 Å². The largest absolute Gasteiger partial charge is 0.465 e. The van der Waals surface area contributed by atoms with Crippen LogP contribution >= 0.6 is 12.2 Å². The zero-order chi connectivity index (χ0) is 16.5. The quantitative estimate of drug-likeness (QED) is 0.766. The van der Waals surface area contributed by atoms with Crippen molar-refractivity contribution in [1.29, 1.82) is 0 Å². The van der Waals surface area contributed by atoms with Crippen LogP contribution < -0.4 is 5.32 Å². The molecule has 2 aliphatic rings. The molecule has 0 radical (unpaired) electrons. The Kier molecular flexibility index (Phi) is 5.29. The molecule has 2 heterocycles. The van der Waals surface area contributed by atoms with Crippen LogP contribution in [0.5, 0.6) is 0 Å². The van der Waals surface area contributed by atoms with Gasteiger partial charge in [-0.15, -0.1) is 0 Å². The molecule has 126 valence electrons. The van der Waals surface area contributed by atoms with Crippen LogP contribution in [0, 0.1) is 0 Å². The average molecular weight is 329 g/mol. The van der Waals surface area contributed by atoms with Crippen molar-refractivity contribution in [3.8, 4) is 0 Å². The summed E-state index contributed by atoms with van der Waals surface area (Å²) in [6.45, 7) is 10.8. The first-order valence-corrected chi connectivity index (χ1v) is 8.29. The molecule has 2 saturated heterocycles. The molecule has 2 fully saturated rings. The molecule has 0 bridgehead atoms. The van der Waals surface area contributed by atoms with Gasteiger partial charge in [0.1, 0.15) is 4.99 Å². The lowest BCUT2D eigenvalue weighted by Crippen LogP contribution is -2.63. The van der Waals surface area contributed by atoms with Gasteiger partial charge in [0, 0.05) is 37.8 Å². The highest BCUT2D eigenvalue weighted by Gasteiger charge is 2.43. The minimum absolute atomic E-state index is 0.170. The number of fused-ring (bicyclic) bond motifs is 1. The second-order valence-corrected chi connectivity index (χ2v) is 7.55. The minimum atomic E-state index is -0.900. The number of hydrogen-bond acceptors (Lipinski definition) is 4. The maximum atomic E-state index is 11.6. The van der Waals surface area contributed by atoms with Gasteiger partial charge in [-0.1, -0.05) is 12.2 Å². The zero-order valence-corrected chi connectivity index (χ0v) is 14.7. The van der Waals surface area contributed by atoms with Gasteiger partial charge in [-0.05, 0) is 34.1 Å². The minimum Gasteiger partial charge on any atom is -0.465 e. The Bertz CT molecular complexity index is 438. The number of ether oxygens (including phenoxy) is 1. The maximum absolute atomic E-state index is 11.6. The molecule has 7 heteroatoms. The molecule has 0 aromatic carbocycles. The molecule has 2 N–H and O–H groups in total. The highest BCUT2D eigenvalue weighted by Crippen LogP contribution is 2.27. The number of hydrogen-bond donors (Lipinski definition) is 2. The van der Waals surface area contributed by atoms with Crippen molar-refractivity contribution in [1.82, 2.24) is 15.1 Å². The number of thiocarbonyl (C=S) groups is 1. The average Bonchev–Trinajstić information content (AvgIpc) is 2.76. The summed E-state index contributed by atoms with van der Waals surface area (Å²) in [5, 5.41) is 12.8. The number of carboxylic acid groups (broad SMARTS) is 1. The van der Waals surface area contributed by atoms with Gasteiger partial charge in [0.25, 0.3) is 0 Å². The number of piperazine rings is 1. The Labute approximate surface area is 137 Å². The van der Waals surface area contributed by atoms with E-state index in [2.05, 4.69) is 10.2 Å². The molecule has 0 aromatic heterocycles. The highest BCUT2D eigenvalue weighted by atomic mass is 32.1. The van der Waals surface area contributed by atoms with Crippen LogP contribution in [0.25, 0.3) is 0 Å². The summed E-state index contributed by atoms with van der Waals surface area (Å²) in [6, 6.07) is -0.0512. The summed E-state index contributed by atoms with van der Waals surface area (Å²) in [4.78, 5) is 16.0. The van der Waals surface area contributed by atoms with Crippen LogP contribution in [0.1, 0.15) is 34.1 Å². The monoisotopic (exact) mass is 329 g/mol. The van der Waals surface area contributed by atoms with Gasteiger partial charge < -0.3 is 15.2 Å². The zero-order valence-electron chi connectivity index (χ0n) is 13.8. The van der Waals surface area contributed by atoms with Gasteiger partial charge in [-0.3, -0.25) is 9.80 Å². The second kappa shape index (κ2) is 6.68. The standard InChI is InChI=1S/C15H27N3O3S/c1-5-21-11-6-10-7-18(14(19)20)12(9-17(10)8-11)13(22)16-15(2,3)4/h10-12H,5-9H2,1-4H3,(H,16,22)(H,19,20)/t10-,11-,12+/m1/s1. The molecule has 2 aliphatic heterocycles. The van der Waals surface area contributed by atoms with Gasteiger partial charge in [0.15, 0.2) is 0 Å². The Morgan fingerprint density at radius 2 is 2.05 bits per heavy atom. The number of amides is 1. The number of carbonyl (C=O) groups is 1. The van der Waals surface area contributed by atoms with Crippen molar-refractivity contribution < 1.29 is 14.6 Å². The SMILES string of the molecule is CCO[C@@H]1C[C@@H]2CN(C(=O)O)[C@H](C(=S)NC(C)(C)C)CN2C1. The van der Waals surface area contributed by atoms with Crippen LogP contribution in [0.15, 0.2) is 0 Å². The van der Waals surface area contributed by atoms with E-state index in [1.165, 1.54) is 4.90 Å². The molecule has 22 heavy (non-hydrogen) atoms. The Balaban J connectivity index is 2.09. The van der Waals surface area contributed by atoms with Crippen LogP contribution in [-0.2, 0) is 4.74 Å². The molecule has 0 unspecified atom stereocenters. The van der Waals surface area contributed by atoms with E-state index < -0.39 is 6.09 Å². The van der Waals surface area contributed by atoms with Crippen LogP contribution in [0.4, 0.5) is 4.79 Å². The first-order valence-electron chi connectivity index (χ1n) is 7.88. The van der Waals surface area contributed by atoms with Crippen molar-refractivity contribution in [2.75, 3.05) is 26.2 Å². The number of nitrogens with zero attached hydrogens (tertiary/aromatic N) is 2. The number of rotatable bonds is 3. The third-order valence-electron chi connectivity index (χ3n) is 4.13. The Morgan fingerprint density at radius 3 is 2.59 bits per heavy atom. The van der Waals surface area contributed by atoms with E-state index in [1.807, 2.05) is 27.7 Å². The van der Waals surface area contributed by atoms with E-state index in [-0.39, 0.29) is 23.7 Å². The summed E-state index contributed by atoms with van der Waals surface area (Å²) >= 11 is 5.48. The van der Waals surface area contributed by atoms with Gasteiger partial charge in [-0.2, -0.15) is 0 Å². The third-order valence-corrected chi connectivity index (χ3v) is 4.50. The third kappa shape index (κ3) is 4.08. The highest BCUT2D eigenvalue weighted by molar-refractivity contribution is 7.80. The fourth-order valence-electron chi connectivity index (χ4n) is 3.27. The van der Waals surface area contributed by atoms with Gasteiger partial charge >= 0.3 is 6.09 Å². The molecule has 0 aliphatic carbocycles. The van der Waals surface area contributed by atoms with E-state index in [4.69, 9.17) is 17.0 Å². The van der Waals surface area contributed by atoms with E-state index in [1.54, 1.807) is 0 Å². The molecular formula is C15H27N3O3S. The smallest absolute Gasteiger partial charge is 0.407 e. The van der Waals surface area contributed by atoms with Crippen LogP contribution in [-0.4, -0.2) is 76.0 Å². The van der Waals surface area contributed by atoms with E-state index >= 15 is 0 Å². The van der Waals surface area contributed by atoms with Crippen molar-refractivity contribution in [3.05, 3.63) is 0 Å². The summed E-state index contributed by atoms with van der Waals surface area (Å²) in [6.07, 6.45) is 0.195. The number of nitrogens with one attached hydrogen (secondary N) is 1. The Morgan fingerprint density at radius 1 is 1.36 bits per heavy atom. The first-order chi connectivity index (χ1) is 10.2. The fourth-order valence-corrected chi connectivity index (χ4v) is 3.78. The summed E-state index contributed by atoms with van der Waals surface area (Å²) in [7, 11) is 0. The lowest BCUT2D eigenvalue weighted by atomic mass is 10.0. The molecule has 2 rings (SSSR count). The molecule has 3 atom stereocenters. The predicted molar refractivity (Wildman–Crippen MR) is 89.4 cm³/mol. The molecule has 0 saturated carbocycles. The topological polar surface area (TPSA) is 65.0 Å². The molecule has 6 nitrogen and oxygen atoms in total. The lowest BCUT2D eigenvalue weighted by molar-refractivity contribution is 0.0608.